The molecule has 9 aromatic rings. The molecule has 0 aliphatic heterocycles. The van der Waals surface area contributed by atoms with Crippen molar-refractivity contribution >= 4 is 32.3 Å². The van der Waals surface area contributed by atoms with Gasteiger partial charge in [-0.2, -0.15) is 0 Å². The fourth-order valence-corrected chi connectivity index (χ4v) is 7.37. The van der Waals surface area contributed by atoms with Gasteiger partial charge < -0.3 is 0 Å². The Morgan fingerprint density at radius 1 is 0.208 bits per heavy atom. The van der Waals surface area contributed by atoms with Crippen molar-refractivity contribution in [2.45, 2.75) is 0 Å². The van der Waals surface area contributed by atoms with E-state index in [9.17, 15) is 0 Å². The van der Waals surface area contributed by atoms with Crippen LogP contribution in [0.25, 0.3) is 88.0 Å². The van der Waals surface area contributed by atoms with E-state index in [1.807, 2.05) is 0 Å². The average molecular weight is 609 g/mol. The SMILES string of the molecule is c1ccc(-c2ccc(-c3ccccc3-c3ccc(-c4c5ccccc5c(-c5ccc6ccccc6c5)c5ccccc45)cc3)cc2)cc1. The molecule has 0 fully saturated rings. The Morgan fingerprint density at radius 2 is 0.583 bits per heavy atom. The summed E-state index contributed by atoms with van der Waals surface area (Å²) in [5.41, 5.74) is 12.4. The summed E-state index contributed by atoms with van der Waals surface area (Å²) in [6.07, 6.45) is 0. The second kappa shape index (κ2) is 11.8. The van der Waals surface area contributed by atoms with E-state index in [1.54, 1.807) is 0 Å². The predicted octanol–water partition coefficient (Wildman–Crippen LogP) is 13.5. The molecule has 0 radical (unpaired) electrons. The largest absolute Gasteiger partial charge is 0.0622 e. The normalized spacial score (nSPS) is 11.3. The highest BCUT2D eigenvalue weighted by molar-refractivity contribution is 6.21. The summed E-state index contributed by atoms with van der Waals surface area (Å²) in [6.45, 7) is 0. The van der Waals surface area contributed by atoms with Crippen LogP contribution < -0.4 is 0 Å². The molecule has 0 unspecified atom stereocenters. The first-order valence-electron chi connectivity index (χ1n) is 16.6. The molecule has 9 rings (SSSR count). The standard InChI is InChI=1S/C48H32/c1-2-12-33(13-3-1)35-22-25-36(26-23-35)41-16-6-7-17-42(41)37-27-29-38(30-28-37)47-43-18-8-10-20-45(43)48(46-21-11-9-19-44(46)47)40-31-24-34-14-4-5-15-39(34)32-40/h1-32H. The summed E-state index contributed by atoms with van der Waals surface area (Å²) >= 11 is 0. The first kappa shape index (κ1) is 28.0. The zero-order valence-corrected chi connectivity index (χ0v) is 26.5. The summed E-state index contributed by atoms with van der Waals surface area (Å²) < 4.78 is 0. The molecule has 0 saturated carbocycles. The third kappa shape index (κ3) is 4.87. The lowest BCUT2D eigenvalue weighted by Crippen LogP contribution is -1.91. The molecular formula is C48H32. The van der Waals surface area contributed by atoms with Gasteiger partial charge in [0.05, 0.1) is 0 Å². The zero-order valence-electron chi connectivity index (χ0n) is 26.5. The molecule has 0 atom stereocenters. The van der Waals surface area contributed by atoms with Crippen LogP contribution >= 0.6 is 0 Å². The zero-order chi connectivity index (χ0) is 31.9. The number of benzene rings is 9. The van der Waals surface area contributed by atoms with Crippen LogP contribution in [0.1, 0.15) is 0 Å². The Kier molecular flexibility index (Phi) is 6.91. The molecule has 0 aliphatic carbocycles. The van der Waals surface area contributed by atoms with Crippen molar-refractivity contribution in [3.05, 3.63) is 194 Å². The molecule has 0 heterocycles. The van der Waals surface area contributed by atoms with E-state index in [4.69, 9.17) is 0 Å². The van der Waals surface area contributed by atoms with Crippen molar-refractivity contribution in [2.24, 2.45) is 0 Å². The van der Waals surface area contributed by atoms with E-state index in [0.717, 1.165) is 0 Å². The monoisotopic (exact) mass is 608 g/mol. The summed E-state index contributed by atoms with van der Waals surface area (Å²) in [6, 6.07) is 70.7. The molecule has 0 N–H and O–H groups in total. The number of hydrogen-bond donors (Lipinski definition) is 0. The van der Waals surface area contributed by atoms with Crippen LogP contribution in [-0.2, 0) is 0 Å². The van der Waals surface area contributed by atoms with Crippen molar-refractivity contribution in [3.63, 3.8) is 0 Å². The van der Waals surface area contributed by atoms with Gasteiger partial charge in [0.2, 0.25) is 0 Å². The Bertz CT molecular complexity index is 2520. The summed E-state index contributed by atoms with van der Waals surface area (Å²) in [4.78, 5) is 0. The van der Waals surface area contributed by atoms with Gasteiger partial charge in [-0.05, 0) is 94.0 Å². The molecule has 224 valence electrons. The molecule has 0 nitrogen and oxygen atoms in total. The minimum absolute atomic E-state index is 1.21. The van der Waals surface area contributed by atoms with Gasteiger partial charge in [-0.15, -0.1) is 0 Å². The number of fused-ring (bicyclic) bond motifs is 3. The van der Waals surface area contributed by atoms with E-state index < -0.39 is 0 Å². The fraction of sp³-hybridized carbons (Fsp3) is 0. The quantitative estimate of drug-likeness (QED) is 0.171. The minimum atomic E-state index is 1.21. The van der Waals surface area contributed by atoms with Crippen molar-refractivity contribution in [1.82, 2.24) is 0 Å². The Balaban J connectivity index is 1.15. The lowest BCUT2D eigenvalue weighted by Gasteiger charge is -2.18. The molecule has 0 amide bonds. The van der Waals surface area contributed by atoms with E-state index in [2.05, 4.69) is 194 Å². The third-order valence-corrected chi connectivity index (χ3v) is 9.68. The van der Waals surface area contributed by atoms with Crippen LogP contribution in [0.3, 0.4) is 0 Å². The van der Waals surface area contributed by atoms with Crippen molar-refractivity contribution in [1.29, 1.82) is 0 Å². The molecule has 0 aliphatic rings. The fourth-order valence-electron chi connectivity index (χ4n) is 7.37. The second-order valence-corrected chi connectivity index (χ2v) is 12.5. The van der Waals surface area contributed by atoms with Gasteiger partial charge in [0.25, 0.3) is 0 Å². The smallest absolute Gasteiger partial charge is 0.00262 e. The van der Waals surface area contributed by atoms with Gasteiger partial charge in [-0.25, -0.2) is 0 Å². The van der Waals surface area contributed by atoms with Gasteiger partial charge in [0, 0.05) is 0 Å². The van der Waals surface area contributed by atoms with E-state index >= 15 is 0 Å². The van der Waals surface area contributed by atoms with Crippen molar-refractivity contribution < 1.29 is 0 Å². The van der Waals surface area contributed by atoms with Crippen LogP contribution in [0.15, 0.2) is 194 Å². The van der Waals surface area contributed by atoms with Crippen LogP contribution in [0.2, 0.25) is 0 Å². The van der Waals surface area contributed by atoms with Crippen LogP contribution in [0.4, 0.5) is 0 Å². The van der Waals surface area contributed by atoms with Crippen LogP contribution in [0, 0.1) is 0 Å². The molecule has 0 aromatic heterocycles. The van der Waals surface area contributed by atoms with E-state index in [-0.39, 0.29) is 0 Å². The Morgan fingerprint density at radius 3 is 1.15 bits per heavy atom. The highest BCUT2D eigenvalue weighted by atomic mass is 14.2. The Hall–Kier alpha value is -6.24. The molecule has 9 aromatic carbocycles. The lowest BCUT2D eigenvalue weighted by atomic mass is 9.85. The second-order valence-electron chi connectivity index (χ2n) is 12.5. The molecule has 48 heavy (non-hydrogen) atoms. The summed E-state index contributed by atoms with van der Waals surface area (Å²) in [5.74, 6) is 0. The van der Waals surface area contributed by atoms with Gasteiger partial charge >= 0.3 is 0 Å². The Labute approximate surface area is 281 Å². The predicted molar refractivity (Wildman–Crippen MR) is 206 cm³/mol. The molecular weight excluding hydrogens is 577 g/mol. The molecule has 0 saturated heterocycles. The summed E-state index contributed by atoms with van der Waals surface area (Å²) in [7, 11) is 0. The maximum absolute atomic E-state index is 2.34. The van der Waals surface area contributed by atoms with E-state index in [1.165, 1.54) is 88.0 Å². The van der Waals surface area contributed by atoms with Gasteiger partial charge in [-0.3, -0.25) is 0 Å². The van der Waals surface area contributed by atoms with Crippen LogP contribution in [-0.4, -0.2) is 0 Å². The van der Waals surface area contributed by atoms with Gasteiger partial charge in [0.15, 0.2) is 0 Å². The first-order valence-corrected chi connectivity index (χ1v) is 16.6. The van der Waals surface area contributed by atoms with Gasteiger partial charge in [-0.1, -0.05) is 188 Å². The highest BCUT2D eigenvalue weighted by Crippen LogP contribution is 2.44. The summed E-state index contributed by atoms with van der Waals surface area (Å²) in [5, 5.41) is 7.61. The first-order chi connectivity index (χ1) is 23.8. The van der Waals surface area contributed by atoms with Gasteiger partial charge in [0.1, 0.15) is 0 Å². The lowest BCUT2D eigenvalue weighted by molar-refractivity contribution is 1.57. The van der Waals surface area contributed by atoms with E-state index in [0.29, 0.717) is 0 Å². The molecule has 0 spiro atoms. The maximum Gasteiger partial charge on any atom is -0.00262 e. The molecule has 0 bridgehead atoms. The van der Waals surface area contributed by atoms with Crippen molar-refractivity contribution in [3.8, 4) is 55.6 Å². The number of rotatable bonds is 5. The topological polar surface area (TPSA) is 0 Å². The maximum atomic E-state index is 2.34. The average Bonchev–Trinajstić information content (AvgIpc) is 3.17. The third-order valence-electron chi connectivity index (χ3n) is 9.68. The minimum Gasteiger partial charge on any atom is -0.0622 e. The molecule has 0 heteroatoms. The highest BCUT2D eigenvalue weighted by Gasteiger charge is 2.17. The van der Waals surface area contributed by atoms with Crippen LogP contribution in [0.5, 0.6) is 0 Å². The van der Waals surface area contributed by atoms with Crippen molar-refractivity contribution in [2.75, 3.05) is 0 Å². The number of hydrogen-bond acceptors (Lipinski definition) is 0.